The van der Waals surface area contributed by atoms with Crippen molar-refractivity contribution in [2.24, 2.45) is 0 Å². The fourth-order valence-corrected chi connectivity index (χ4v) is 16.3. The third-order valence-corrected chi connectivity index (χ3v) is 21.7. The summed E-state index contributed by atoms with van der Waals surface area (Å²) >= 11 is 5.74. The number of anilines is 5. The van der Waals surface area contributed by atoms with Gasteiger partial charge in [-0.3, -0.25) is 9.59 Å². The Hall–Kier alpha value is -13.9. The van der Waals surface area contributed by atoms with Gasteiger partial charge in [-0.2, -0.15) is 12.6 Å². The van der Waals surface area contributed by atoms with Crippen molar-refractivity contribution in [3.8, 4) is 28.4 Å². The highest BCUT2D eigenvalue weighted by atomic mass is 32.2. The molecule has 20 rings (SSSR count). The molecule has 0 fully saturated rings. The predicted octanol–water partition coefficient (Wildman–Crippen LogP) is 23.6. The van der Waals surface area contributed by atoms with Crippen LogP contribution in [0.15, 0.2) is 346 Å². The molecule has 5 aromatic heterocycles. The Morgan fingerprint density at radius 3 is 0.823 bits per heavy atom. The number of aromatic nitrogens is 5. The Morgan fingerprint density at radius 2 is 0.549 bits per heavy atom. The quantitative estimate of drug-likeness (QED) is 0.0396. The minimum absolute atomic E-state index is 0.172. The average molecular weight is 1510 g/mol. The molecule has 0 aliphatic heterocycles. The SMILES string of the molecule is C=Cc1ccc2c(c1)c1ccccc1n2-c1ccc(N)cc1.CC(=O)SCCc1ccc2c(c1)c1ccccc1n2-c1ccc(N)cc1.Nc1ccc(-n2c3ccccc3c3cc(C=O)ccc32)cc1.Nc1ccc(-n2c3ccccc3c3cc(CCS)ccc32)cc1.Nc1ccc(-n2c3ccccc3c3ccccc32)cc1. The molecule has 15 aromatic carbocycles. The van der Waals surface area contributed by atoms with Crippen molar-refractivity contribution < 1.29 is 9.59 Å². The van der Waals surface area contributed by atoms with Crippen molar-refractivity contribution in [1.82, 2.24) is 22.8 Å². The first kappa shape index (κ1) is 73.2. The Balaban J connectivity index is 0.000000107. The van der Waals surface area contributed by atoms with E-state index in [0.717, 1.165) is 115 Å². The van der Waals surface area contributed by atoms with E-state index in [9.17, 15) is 9.59 Å². The summed E-state index contributed by atoms with van der Waals surface area (Å²) in [5.41, 5.74) is 54.7. The number of nitrogens with zero attached hydrogens (tertiary/aromatic N) is 5. The second kappa shape index (κ2) is 32.3. The third kappa shape index (κ3) is 14.8. The maximum Gasteiger partial charge on any atom is 0.185 e. The number of thioether (sulfide) groups is 1. The molecule has 0 bridgehead atoms. The molecule has 0 atom stereocenters. The summed E-state index contributed by atoms with van der Waals surface area (Å²) in [6, 6.07) is 116. The summed E-state index contributed by atoms with van der Waals surface area (Å²) in [5.74, 6) is 1.68. The van der Waals surface area contributed by atoms with Crippen LogP contribution in [0.1, 0.15) is 34.0 Å². The van der Waals surface area contributed by atoms with E-state index in [4.69, 9.17) is 28.7 Å². The Labute approximate surface area is 664 Å². The first-order chi connectivity index (χ1) is 55.3. The summed E-state index contributed by atoms with van der Waals surface area (Å²) in [4.78, 5) is 22.2. The van der Waals surface area contributed by atoms with Crippen molar-refractivity contribution in [3.63, 3.8) is 0 Å². The van der Waals surface area contributed by atoms with E-state index in [0.29, 0.717) is 5.56 Å². The molecule has 0 unspecified atom stereocenters. The van der Waals surface area contributed by atoms with Crippen molar-refractivity contribution in [1.29, 1.82) is 0 Å². The zero-order chi connectivity index (χ0) is 77.6. The summed E-state index contributed by atoms with van der Waals surface area (Å²) < 4.78 is 11.3. The van der Waals surface area contributed by atoms with Crippen LogP contribution >= 0.6 is 24.4 Å². The molecule has 113 heavy (non-hydrogen) atoms. The maximum atomic E-state index is 11.2. The highest BCUT2D eigenvalue weighted by Crippen LogP contribution is 2.39. The normalized spacial score (nSPS) is 11.2. The molecule has 14 heteroatoms. The smallest absolute Gasteiger partial charge is 0.185 e. The van der Waals surface area contributed by atoms with E-state index in [2.05, 4.69) is 279 Å². The molecule has 0 aliphatic rings. The van der Waals surface area contributed by atoms with Crippen LogP contribution in [-0.4, -0.2) is 45.7 Å². The molecule has 0 saturated heterocycles. The fraction of sp³-hybridized carbons (Fsp3) is 0.0505. The highest BCUT2D eigenvalue weighted by molar-refractivity contribution is 8.13. The summed E-state index contributed by atoms with van der Waals surface area (Å²) in [6.45, 7) is 5.49. The lowest BCUT2D eigenvalue weighted by Gasteiger charge is -2.08. The lowest BCUT2D eigenvalue weighted by Crippen LogP contribution is -1.95. The van der Waals surface area contributed by atoms with Crippen LogP contribution in [0.5, 0.6) is 0 Å². The number of hydrogen-bond donors (Lipinski definition) is 6. The predicted molar refractivity (Wildman–Crippen MR) is 486 cm³/mol. The molecule has 0 aliphatic carbocycles. The van der Waals surface area contributed by atoms with Crippen LogP contribution in [0.2, 0.25) is 0 Å². The monoisotopic (exact) mass is 1510 g/mol. The van der Waals surface area contributed by atoms with Gasteiger partial charge in [0, 0.05) is 129 Å². The maximum absolute atomic E-state index is 11.2. The Bertz CT molecular complexity index is 6690. The van der Waals surface area contributed by atoms with Gasteiger partial charge < -0.3 is 51.5 Å². The lowest BCUT2D eigenvalue weighted by molar-refractivity contribution is -0.109. The van der Waals surface area contributed by atoms with E-state index in [-0.39, 0.29) is 5.12 Å². The van der Waals surface area contributed by atoms with Crippen LogP contribution in [0, 0.1) is 0 Å². The van der Waals surface area contributed by atoms with Gasteiger partial charge in [-0.1, -0.05) is 152 Å². The number of rotatable bonds is 12. The van der Waals surface area contributed by atoms with Gasteiger partial charge in [0.1, 0.15) is 6.29 Å². The zero-order valence-corrected chi connectivity index (χ0v) is 64.0. The average Bonchev–Trinajstić information content (AvgIpc) is 1.64. The van der Waals surface area contributed by atoms with E-state index in [1.165, 1.54) is 110 Å². The van der Waals surface area contributed by atoms with E-state index in [1.807, 2.05) is 109 Å². The van der Waals surface area contributed by atoms with Gasteiger partial charge in [-0.15, -0.1) is 0 Å². The van der Waals surface area contributed by atoms with Crippen LogP contribution < -0.4 is 28.7 Å². The van der Waals surface area contributed by atoms with E-state index < -0.39 is 0 Å². The van der Waals surface area contributed by atoms with E-state index in [1.54, 1.807) is 6.92 Å². The molecule has 0 amide bonds. The molecular weight excluding hydrogens is 1430 g/mol. The Kier molecular flexibility index (Phi) is 21.0. The number of benzene rings is 15. The van der Waals surface area contributed by atoms with Crippen LogP contribution in [0.4, 0.5) is 28.4 Å². The Morgan fingerprint density at radius 1 is 0.310 bits per heavy atom. The number of para-hydroxylation sites is 6. The van der Waals surface area contributed by atoms with Gasteiger partial charge in [0.05, 0.1) is 55.2 Å². The standard InChI is InChI=1S/C22H20N2OS.C20H18N2S.C20H16N2.C19H14N2O.C18H14N2/c1-15(25)26-13-12-16-6-11-22-20(14-16)19-4-2-3-5-21(19)24(22)18-9-7-17(23)8-10-18;21-15-6-8-16(9-7-15)22-19-4-2-1-3-17(19)18-13-14(11-12-23)5-10-20(18)22;1-2-14-7-12-20-18(13-14)17-5-3-4-6-19(17)22(20)16-10-8-15(21)9-11-16;20-14-6-8-15(9-7-14)21-18-4-2-1-3-16(18)17-11-13(12-22)5-10-19(17)21;19-13-9-11-14(12-10-13)20-17-7-3-1-5-15(17)16-6-2-4-8-18(16)20/h2-11,14H,12-13,23H2,1H3;1-10,13,23H,11-12,21H2;2-13H,1,21H2;1-12H,20H2;1-12H,19H2. The first-order valence-electron chi connectivity index (χ1n) is 37.5. The minimum atomic E-state index is 0.172. The second-order valence-electron chi connectivity index (χ2n) is 27.9. The molecule has 552 valence electrons. The molecular formula is C99H82N10O2S2. The van der Waals surface area contributed by atoms with Gasteiger partial charge in [0.2, 0.25) is 0 Å². The number of nitrogen functional groups attached to an aromatic ring is 5. The van der Waals surface area contributed by atoms with Gasteiger partial charge in [0.25, 0.3) is 0 Å². The van der Waals surface area contributed by atoms with Crippen molar-refractivity contribution >= 4 is 179 Å². The van der Waals surface area contributed by atoms with Crippen molar-refractivity contribution in [2.45, 2.75) is 19.8 Å². The molecule has 5 heterocycles. The third-order valence-electron chi connectivity index (χ3n) is 20.7. The number of aryl methyl sites for hydroxylation is 2. The van der Waals surface area contributed by atoms with Crippen LogP contribution in [0.25, 0.3) is 144 Å². The number of aldehydes is 1. The summed E-state index contributed by atoms with van der Waals surface area (Å²) in [5, 5.41) is 12.5. The zero-order valence-electron chi connectivity index (χ0n) is 62.3. The highest BCUT2D eigenvalue weighted by Gasteiger charge is 2.18. The number of thiol groups is 1. The number of hydrogen-bond acceptors (Lipinski definition) is 9. The number of carbonyl (C=O) groups excluding carboxylic acids is 2. The van der Waals surface area contributed by atoms with Crippen LogP contribution in [-0.2, 0) is 17.6 Å². The largest absolute Gasteiger partial charge is 0.399 e. The molecule has 20 aromatic rings. The summed E-state index contributed by atoms with van der Waals surface area (Å²) in [6.07, 6.45) is 4.64. The van der Waals surface area contributed by atoms with Gasteiger partial charge in [0.15, 0.2) is 5.12 Å². The lowest BCUT2D eigenvalue weighted by atomic mass is 10.1. The fourth-order valence-electron chi connectivity index (χ4n) is 15.4. The number of fused-ring (bicyclic) bond motifs is 15. The van der Waals surface area contributed by atoms with Gasteiger partial charge in [-0.25, -0.2) is 0 Å². The molecule has 0 radical (unpaired) electrons. The molecule has 0 saturated carbocycles. The van der Waals surface area contributed by atoms with Crippen molar-refractivity contribution in [2.75, 3.05) is 40.2 Å². The number of nitrogens with two attached hydrogens (primary N) is 5. The summed E-state index contributed by atoms with van der Waals surface area (Å²) in [7, 11) is 0. The topological polar surface area (TPSA) is 189 Å². The second-order valence-corrected chi connectivity index (χ2v) is 29.6. The molecule has 12 nitrogen and oxygen atoms in total. The minimum Gasteiger partial charge on any atom is -0.399 e. The van der Waals surface area contributed by atoms with Crippen molar-refractivity contribution in [3.05, 3.63) is 369 Å². The molecule has 0 spiro atoms. The van der Waals surface area contributed by atoms with Gasteiger partial charge >= 0.3 is 0 Å². The van der Waals surface area contributed by atoms with Gasteiger partial charge in [-0.05, 0) is 248 Å². The molecule has 10 N–H and O–H groups in total. The number of carbonyl (C=O) groups is 2. The first-order valence-corrected chi connectivity index (χ1v) is 39.1. The van der Waals surface area contributed by atoms with Crippen LogP contribution in [0.3, 0.4) is 0 Å². The van der Waals surface area contributed by atoms with E-state index >= 15 is 0 Å².